The summed E-state index contributed by atoms with van der Waals surface area (Å²) < 4.78 is 37.9. The molecule has 0 aliphatic carbocycles. The molecule has 1 rings (SSSR count). The Morgan fingerprint density at radius 2 is 2.14 bits per heavy atom. The molecule has 3 N–H and O–H groups in total. The van der Waals surface area contributed by atoms with Gasteiger partial charge in [0.05, 0.1) is 18.5 Å². The van der Waals surface area contributed by atoms with Crippen molar-refractivity contribution in [3.05, 3.63) is 28.8 Å². The van der Waals surface area contributed by atoms with Crippen LogP contribution >= 0.6 is 0 Å². The summed E-state index contributed by atoms with van der Waals surface area (Å²) in [4.78, 5) is 3.44. The predicted molar refractivity (Wildman–Crippen MR) is 43.0 cm³/mol. The lowest BCUT2D eigenvalue weighted by molar-refractivity contribution is 0.144. The minimum atomic E-state index is -2.89. The molecule has 1 aromatic heterocycles. The van der Waals surface area contributed by atoms with E-state index in [4.69, 9.17) is 10.8 Å². The molecule has 0 aliphatic rings. The fourth-order valence-corrected chi connectivity index (χ4v) is 1.17. The van der Waals surface area contributed by atoms with Gasteiger partial charge in [-0.1, -0.05) is 0 Å². The minimum Gasteiger partial charge on any atom is -0.392 e. The second kappa shape index (κ2) is 4.39. The highest BCUT2D eigenvalue weighted by Gasteiger charge is 2.20. The Morgan fingerprint density at radius 3 is 2.57 bits per heavy atom. The van der Waals surface area contributed by atoms with Gasteiger partial charge in [-0.05, 0) is 0 Å². The molecule has 0 atom stereocenters. The molecule has 6 heteroatoms. The number of nitrogens with zero attached hydrogens (tertiary/aromatic N) is 1. The summed E-state index contributed by atoms with van der Waals surface area (Å²) in [5, 5.41) is 8.73. The lowest BCUT2D eigenvalue weighted by Crippen LogP contribution is -2.10. The lowest BCUT2D eigenvalue weighted by Gasteiger charge is -2.11. The number of aliphatic hydroxyl groups excluding tert-OH is 1. The summed E-state index contributed by atoms with van der Waals surface area (Å²) in [6.45, 7) is -1.01. The number of aromatic nitrogens is 1. The van der Waals surface area contributed by atoms with Crippen LogP contribution in [-0.2, 0) is 13.2 Å². The molecule has 1 heterocycles. The third-order valence-corrected chi connectivity index (χ3v) is 1.83. The van der Waals surface area contributed by atoms with E-state index in [0.717, 1.165) is 6.20 Å². The number of nitrogens with two attached hydrogens (primary N) is 1. The Morgan fingerprint density at radius 1 is 1.50 bits per heavy atom. The Hall–Kier alpha value is -1.14. The smallest absolute Gasteiger partial charge is 0.266 e. The Labute approximate surface area is 78.4 Å². The lowest BCUT2D eigenvalue weighted by atomic mass is 10.1. The van der Waals surface area contributed by atoms with Crippen molar-refractivity contribution in [1.29, 1.82) is 0 Å². The highest BCUT2D eigenvalue weighted by atomic mass is 19.3. The first kappa shape index (κ1) is 10.9. The molecule has 0 amide bonds. The number of alkyl halides is 2. The van der Waals surface area contributed by atoms with E-state index in [9.17, 15) is 13.2 Å². The van der Waals surface area contributed by atoms with Crippen molar-refractivity contribution >= 4 is 0 Å². The van der Waals surface area contributed by atoms with Crippen molar-refractivity contribution < 1.29 is 18.3 Å². The minimum absolute atomic E-state index is 0.0922. The van der Waals surface area contributed by atoms with Crippen LogP contribution in [0.1, 0.15) is 23.2 Å². The molecule has 0 unspecified atom stereocenters. The van der Waals surface area contributed by atoms with Gasteiger partial charge < -0.3 is 10.8 Å². The summed E-state index contributed by atoms with van der Waals surface area (Å²) >= 11 is 0. The molecule has 1 aromatic rings. The molecule has 0 aromatic carbocycles. The second-order valence-corrected chi connectivity index (χ2v) is 2.61. The highest BCUT2D eigenvalue weighted by molar-refractivity contribution is 5.31. The average Bonchev–Trinajstić information content (AvgIpc) is 2.17. The Bertz CT molecular complexity index is 331. The van der Waals surface area contributed by atoms with Gasteiger partial charge in [-0.2, -0.15) is 0 Å². The van der Waals surface area contributed by atoms with E-state index in [0.29, 0.717) is 0 Å². The summed E-state index contributed by atoms with van der Waals surface area (Å²) in [6.07, 6.45) is -2.11. The molecule has 0 saturated carbocycles. The largest absolute Gasteiger partial charge is 0.392 e. The van der Waals surface area contributed by atoms with Crippen molar-refractivity contribution in [2.45, 2.75) is 19.6 Å². The van der Waals surface area contributed by atoms with Crippen LogP contribution in [0.3, 0.4) is 0 Å². The molecule has 3 nitrogen and oxygen atoms in total. The van der Waals surface area contributed by atoms with Crippen LogP contribution < -0.4 is 5.73 Å². The first-order valence-corrected chi connectivity index (χ1v) is 3.87. The van der Waals surface area contributed by atoms with Gasteiger partial charge >= 0.3 is 0 Å². The van der Waals surface area contributed by atoms with Gasteiger partial charge in [-0.3, -0.25) is 4.98 Å². The van der Waals surface area contributed by atoms with Gasteiger partial charge in [0.15, 0.2) is 0 Å². The van der Waals surface area contributed by atoms with Gasteiger partial charge in [0, 0.05) is 17.7 Å². The SMILES string of the molecule is NCc1ncc(F)c(CO)c1C(F)F. The number of hydrogen-bond acceptors (Lipinski definition) is 3. The van der Waals surface area contributed by atoms with E-state index in [1.54, 1.807) is 0 Å². The molecule has 0 aliphatic heterocycles. The zero-order valence-corrected chi connectivity index (χ0v) is 7.17. The van der Waals surface area contributed by atoms with E-state index < -0.39 is 30.0 Å². The number of rotatable bonds is 3. The van der Waals surface area contributed by atoms with Crippen molar-refractivity contribution in [3.8, 4) is 0 Å². The van der Waals surface area contributed by atoms with Gasteiger partial charge in [0.1, 0.15) is 5.82 Å². The molecule has 0 spiro atoms. The molecule has 78 valence electrons. The van der Waals surface area contributed by atoms with Crippen LogP contribution in [0.2, 0.25) is 0 Å². The van der Waals surface area contributed by atoms with Crippen LogP contribution in [-0.4, -0.2) is 10.1 Å². The second-order valence-electron chi connectivity index (χ2n) is 2.61. The Balaban J connectivity index is 3.36. The molecule has 14 heavy (non-hydrogen) atoms. The van der Waals surface area contributed by atoms with Crippen molar-refractivity contribution in [3.63, 3.8) is 0 Å². The van der Waals surface area contributed by atoms with Crippen LogP contribution in [0.15, 0.2) is 6.20 Å². The highest BCUT2D eigenvalue weighted by Crippen LogP contribution is 2.27. The molecular formula is C8H9F3N2O. The Kier molecular flexibility index (Phi) is 3.43. The van der Waals surface area contributed by atoms with E-state index in [-0.39, 0.29) is 12.2 Å². The summed E-state index contributed by atoms with van der Waals surface area (Å²) in [5.74, 6) is -0.944. The fourth-order valence-electron chi connectivity index (χ4n) is 1.17. The molecule has 0 fully saturated rings. The number of halogens is 3. The number of pyridine rings is 1. The zero-order chi connectivity index (χ0) is 10.7. The standard InChI is InChI=1S/C8H9F3N2O/c9-5-2-13-6(1-12)7(8(10)11)4(5)3-14/h2,8,14H,1,3,12H2. The number of aliphatic hydroxyl groups is 1. The molecule has 0 saturated heterocycles. The van der Waals surface area contributed by atoms with Crippen LogP contribution in [0.25, 0.3) is 0 Å². The van der Waals surface area contributed by atoms with Crippen LogP contribution in [0.4, 0.5) is 13.2 Å². The van der Waals surface area contributed by atoms with Gasteiger partial charge in [0.25, 0.3) is 6.43 Å². The van der Waals surface area contributed by atoms with Crippen molar-refractivity contribution in [2.75, 3.05) is 0 Å². The molecule has 0 bridgehead atoms. The average molecular weight is 206 g/mol. The third-order valence-electron chi connectivity index (χ3n) is 1.83. The maximum Gasteiger partial charge on any atom is 0.266 e. The van der Waals surface area contributed by atoms with Crippen LogP contribution in [0, 0.1) is 5.82 Å². The quantitative estimate of drug-likeness (QED) is 0.778. The zero-order valence-electron chi connectivity index (χ0n) is 7.17. The van der Waals surface area contributed by atoms with E-state index in [2.05, 4.69) is 4.98 Å². The summed E-state index contributed by atoms with van der Waals surface area (Å²) in [7, 11) is 0. The van der Waals surface area contributed by atoms with Crippen LogP contribution in [0.5, 0.6) is 0 Å². The summed E-state index contributed by atoms with van der Waals surface area (Å²) in [5.41, 5.74) is 4.03. The number of hydrogen-bond donors (Lipinski definition) is 2. The van der Waals surface area contributed by atoms with Gasteiger partial charge in [-0.15, -0.1) is 0 Å². The van der Waals surface area contributed by atoms with E-state index in [1.165, 1.54) is 0 Å². The third kappa shape index (κ3) is 1.85. The molecular weight excluding hydrogens is 197 g/mol. The van der Waals surface area contributed by atoms with Crippen molar-refractivity contribution in [2.24, 2.45) is 5.73 Å². The van der Waals surface area contributed by atoms with Gasteiger partial charge in [-0.25, -0.2) is 13.2 Å². The van der Waals surface area contributed by atoms with E-state index in [1.807, 2.05) is 0 Å². The predicted octanol–water partition coefficient (Wildman–Crippen LogP) is 1.11. The normalized spacial score (nSPS) is 11.0. The fraction of sp³-hybridized carbons (Fsp3) is 0.375. The topological polar surface area (TPSA) is 59.1 Å². The van der Waals surface area contributed by atoms with E-state index >= 15 is 0 Å². The molecule has 0 radical (unpaired) electrons. The maximum absolute atomic E-state index is 12.9. The van der Waals surface area contributed by atoms with Gasteiger partial charge in [0.2, 0.25) is 0 Å². The summed E-state index contributed by atoms with van der Waals surface area (Å²) in [6, 6.07) is 0. The maximum atomic E-state index is 12.9. The first-order chi connectivity index (χ1) is 6.61. The van der Waals surface area contributed by atoms with Crippen molar-refractivity contribution in [1.82, 2.24) is 4.98 Å². The monoisotopic (exact) mass is 206 g/mol. The first-order valence-electron chi connectivity index (χ1n) is 3.87.